The van der Waals surface area contributed by atoms with Gasteiger partial charge in [-0.3, -0.25) is 9.36 Å². The predicted octanol–water partition coefficient (Wildman–Crippen LogP) is 13.2. The first-order valence-corrected chi connectivity index (χ1v) is 24.4. The van der Waals surface area contributed by atoms with E-state index in [0.29, 0.717) is 17.6 Å². The van der Waals surface area contributed by atoms with Crippen molar-refractivity contribution in [2.24, 2.45) is 0 Å². The highest BCUT2D eigenvalue weighted by Crippen LogP contribution is 2.38. The van der Waals surface area contributed by atoms with E-state index in [1.54, 1.807) is 0 Å². The van der Waals surface area contributed by atoms with Gasteiger partial charge in [-0.05, 0) is 89.9 Å². The Morgan fingerprint density at radius 3 is 1.39 bits per heavy atom. The van der Waals surface area contributed by atoms with E-state index in [0.717, 1.165) is 116 Å². The molecule has 0 N–H and O–H groups in total. The maximum atomic E-state index is 12.7. The Balaban J connectivity index is 4.30. The van der Waals surface area contributed by atoms with Crippen LogP contribution in [0.15, 0.2) is 97.2 Å². The lowest BCUT2D eigenvalue weighted by atomic mass is 10.1. The molecule has 338 valence electrons. The zero-order valence-corrected chi connectivity index (χ0v) is 39.1. The van der Waals surface area contributed by atoms with Crippen molar-refractivity contribution in [1.29, 1.82) is 0 Å². The average molecular weight is 844 g/mol. The molecule has 0 bridgehead atoms. The number of hydrogen-bond acceptors (Lipinski definition) is 7. The first-order chi connectivity index (χ1) is 28.6. The second-order valence-electron chi connectivity index (χ2n) is 16.0. The van der Waals surface area contributed by atoms with Crippen LogP contribution in [0.25, 0.3) is 0 Å². The molecule has 0 spiro atoms. The molecule has 0 aromatic heterocycles. The molecule has 0 rings (SSSR count). The van der Waals surface area contributed by atoms with Gasteiger partial charge in [-0.1, -0.05) is 156 Å². The number of carbonyl (C=O) groups excluding carboxylic acids is 1. The topological polar surface area (TPSA) is 94.1 Å². The van der Waals surface area contributed by atoms with Gasteiger partial charge in [-0.2, -0.15) is 0 Å². The van der Waals surface area contributed by atoms with E-state index in [9.17, 15) is 14.3 Å². The fourth-order valence-electron chi connectivity index (χ4n) is 5.64. The Morgan fingerprint density at radius 2 is 0.932 bits per heavy atom. The molecule has 2 unspecified atom stereocenters. The number of ether oxygens (including phenoxy) is 2. The standard InChI is InChI=1S/C50H86NO7P/c1-6-8-10-12-14-16-18-20-22-24-25-26-27-28-29-31-33-35-37-39-41-43-50(52)58-49(48-57-59(53,54)56-46-44-51(3,4)5)47-55-45-42-40-38-36-34-32-30-23-21-19-17-15-13-11-9-7-2/h8-11,14-17,20-23,25-26,28-29,49H,6-7,12-13,18-19,24,27,30-48H2,1-5H3/b10-8-,11-9-,16-14-,17-15-,22-20-,23-21-,26-25-,29-28-. The number of rotatable bonds is 41. The van der Waals surface area contributed by atoms with Crippen molar-refractivity contribution in [3.8, 4) is 0 Å². The van der Waals surface area contributed by atoms with E-state index < -0.39 is 13.9 Å². The third-order valence-electron chi connectivity index (χ3n) is 9.13. The predicted molar refractivity (Wildman–Crippen MR) is 249 cm³/mol. The lowest BCUT2D eigenvalue weighted by Crippen LogP contribution is -2.37. The summed E-state index contributed by atoms with van der Waals surface area (Å²) in [5.74, 6) is -0.362. The Morgan fingerprint density at radius 1 is 0.525 bits per heavy atom. The van der Waals surface area contributed by atoms with Crippen LogP contribution in [0.3, 0.4) is 0 Å². The van der Waals surface area contributed by atoms with Crippen molar-refractivity contribution in [2.75, 3.05) is 54.1 Å². The summed E-state index contributed by atoms with van der Waals surface area (Å²) in [6.45, 7) is 5.10. The maximum Gasteiger partial charge on any atom is 0.306 e. The molecule has 0 aromatic rings. The molecule has 2 atom stereocenters. The molecule has 0 aliphatic carbocycles. The molecule has 0 saturated carbocycles. The molecule has 0 amide bonds. The SMILES string of the molecule is CC/C=C\C/C=C\C/C=C\C/C=C\C/C=C\CCCCCCCC(=O)OC(COCCCCCCCC/C=C\C/C=C\C/C=C\CC)COP(=O)([O-])OCC[N+](C)(C)C. The van der Waals surface area contributed by atoms with Crippen LogP contribution in [0.4, 0.5) is 0 Å². The highest BCUT2D eigenvalue weighted by Gasteiger charge is 2.20. The first-order valence-electron chi connectivity index (χ1n) is 23.0. The number of nitrogens with zero attached hydrogens (tertiary/aromatic N) is 1. The summed E-state index contributed by atoms with van der Waals surface area (Å²) in [7, 11) is 1.31. The fourth-order valence-corrected chi connectivity index (χ4v) is 6.37. The number of quaternary nitrogens is 1. The molecule has 0 aliphatic rings. The minimum atomic E-state index is -4.54. The monoisotopic (exact) mass is 844 g/mol. The molecule has 0 radical (unpaired) electrons. The van der Waals surface area contributed by atoms with E-state index in [1.807, 2.05) is 21.1 Å². The van der Waals surface area contributed by atoms with Gasteiger partial charge in [-0.15, -0.1) is 0 Å². The molecule has 0 fully saturated rings. The van der Waals surface area contributed by atoms with Crippen molar-refractivity contribution >= 4 is 13.8 Å². The zero-order chi connectivity index (χ0) is 43.4. The Bertz CT molecular complexity index is 1260. The van der Waals surface area contributed by atoms with Crippen molar-refractivity contribution in [2.45, 2.75) is 161 Å². The van der Waals surface area contributed by atoms with Crippen molar-refractivity contribution < 1.29 is 37.3 Å². The Labute approximate surface area is 362 Å². The number of esters is 1. The van der Waals surface area contributed by atoms with Gasteiger partial charge in [0.2, 0.25) is 0 Å². The third kappa shape index (κ3) is 46.3. The molecule has 0 saturated heterocycles. The number of hydrogen-bond donors (Lipinski definition) is 0. The van der Waals surface area contributed by atoms with Crippen LogP contribution in [-0.4, -0.2) is 70.7 Å². The Kier molecular flexibility index (Phi) is 40.3. The van der Waals surface area contributed by atoms with Gasteiger partial charge < -0.3 is 27.9 Å². The number of phosphoric acid groups is 1. The molecule has 9 heteroatoms. The molecular formula is C50H86NO7P. The lowest BCUT2D eigenvalue weighted by molar-refractivity contribution is -0.870. The summed E-state index contributed by atoms with van der Waals surface area (Å²) in [4.78, 5) is 25.1. The van der Waals surface area contributed by atoms with Crippen molar-refractivity contribution in [3.05, 3.63) is 97.2 Å². The van der Waals surface area contributed by atoms with Crippen LogP contribution in [-0.2, 0) is 27.9 Å². The van der Waals surface area contributed by atoms with Crippen LogP contribution in [0, 0.1) is 0 Å². The zero-order valence-electron chi connectivity index (χ0n) is 38.2. The quantitative estimate of drug-likeness (QED) is 0.0199. The summed E-state index contributed by atoms with van der Waals surface area (Å²) in [5, 5.41) is 0. The van der Waals surface area contributed by atoms with Crippen LogP contribution in [0.2, 0.25) is 0 Å². The number of carbonyl (C=O) groups is 1. The normalized spacial score (nSPS) is 14.6. The number of allylic oxidation sites excluding steroid dienone is 16. The van der Waals surface area contributed by atoms with Crippen LogP contribution in [0.1, 0.15) is 155 Å². The van der Waals surface area contributed by atoms with Crippen molar-refractivity contribution in [1.82, 2.24) is 0 Å². The number of unbranched alkanes of at least 4 members (excludes halogenated alkanes) is 11. The first kappa shape index (κ1) is 56.4. The molecule has 0 aromatic carbocycles. The van der Waals surface area contributed by atoms with E-state index in [2.05, 4.69) is 111 Å². The van der Waals surface area contributed by atoms with E-state index in [1.165, 1.54) is 19.3 Å². The van der Waals surface area contributed by atoms with Gasteiger partial charge in [0, 0.05) is 13.0 Å². The third-order valence-corrected chi connectivity index (χ3v) is 10.1. The summed E-state index contributed by atoms with van der Waals surface area (Å²) in [6.07, 6.45) is 57.1. The molecule has 8 nitrogen and oxygen atoms in total. The molecule has 0 aliphatic heterocycles. The van der Waals surface area contributed by atoms with Gasteiger partial charge in [0.15, 0.2) is 0 Å². The fraction of sp³-hybridized carbons (Fsp3) is 0.660. The minimum Gasteiger partial charge on any atom is -0.756 e. The van der Waals surface area contributed by atoms with Gasteiger partial charge in [-0.25, -0.2) is 0 Å². The smallest absolute Gasteiger partial charge is 0.306 e. The molecular weight excluding hydrogens is 758 g/mol. The molecule has 0 heterocycles. The lowest BCUT2D eigenvalue weighted by Gasteiger charge is -2.28. The highest BCUT2D eigenvalue weighted by molar-refractivity contribution is 7.45. The second-order valence-corrected chi connectivity index (χ2v) is 17.4. The van der Waals surface area contributed by atoms with E-state index >= 15 is 0 Å². The summed E-state index contributed by atoms with van der Waals surface area (Å²) in [5.41, 5.74) is 0. The summed E-state index contributed by atoms with van der Waals surface area (Å²) >= 11 is 0. The molecule has 59 heavy (non-hydrogen) atoms. The number of phosphoric ester groups is 1. The van der Waals surface area contributed by atoms with Gasteiger partial charge in [0.05, 0.1) is 34.4 Å². The van der Waals surface area contributed by atoms with Gasteiger partial charge in [0.1, 0.15) is 19.3 Å². The average Bonchev–Trinajstić information content (AvgIpc) is 3.19. The van der Waals surface area contributed by atoms with Crippen LogP contribution >= 0.6 is 7.82 Å². The Hall–Kier alpha value is -2.58. The number of likely N-dealkylation sites (N-methyl/N-ethyl adjacent to an activating group) is 1. The highest BCUT2D eigenvalue weighted by atomic mass is 31.2. The minimum absolute atomic E-state index is 0.0132. The second kappa shape index (κ2) is 42.1. The van der Waals surface area contributed by atoms with Crippen LogP contribution < -0.4 is 4.89 Å². The van der Waals surface area contributed by atoms with Crippen LogP contribution in [0.5, 0.6) is 0 Å². The van der Waals surface area contributed by atoms with Crippen molar-refractivity contribution in [3.63, 3.8) is 0 Å². The summed E-state index contributed by atoms with van der Waals surface area (Å²) in [6, 6.07) is 0. The summed E-state index contributed by atoms with van der Waals surface area (Å²) < 4.78 is 34.6. The van der Waals surface area contributed by atoms with Gasteiger partial charge in [0.25, 0.3) is 7.82 Å². The largest absolute Gasteiger partial charge is 0.756 e. The van der Waals surface area contributed by atoms with Gasteiger partial charge >= 0.3 is 5.97 Å². The van der Waals surface area contributed by atoms with E-state index in [4.69, 9.17) is 18.5 Å². The van der Waals surface area contributed by atoms with E-state index in [-0.39, 0.29) is 32.2 Å². The maximum absolute atomic E-state index is 12.7.